The quantitative estimate of drug-likeness (QED) is 0.496. The van der Waals surface area contributed by atoms with Crippen LogP contribution in [-0.4, -0.2) is 12.5 Å². The zero-order valence-electron chi connectivity index (χ0n) is 11.8. The van der Waals surface area contributed by atoms with Crippen LogP contribution in [0.1, 0.15) is 39.2 Å². The van der Waals surface area contributed by atoms with Crippen molar-refractivity contribution in [3.63, 3.8) is 0 Å². The molecule has 0 saturated carbocycles. The van der Waals surface area contributed by atoms with Gasteiger partial charge in [0, 0.05) is 4.47 Å². The lowest BCUT2D eigenvalue weighted by molar-refractivity contribution is -0.130. The molecule has 5 heteroatoms. The average molecular weight is 329 g/mol. The lowest BCUT2D eigenvalue weighted by Gasteiger charge is -2.24. The maximum Gasteiger partial charge on any atom is 0.242 e. The molecule has 0 radical (unpaired) electrons. The van der Waals surface area contributed by atoms with Crippen LogP contribution in [0.15, 0.2) is 22.7 Å². The molecular formula is C14H21BrN2O2. The third-order valence-corrected chi connectivity index (χ3v) is 3.42. The Morgan fingerprint density at radius 2 is 2.11 bits per heavy atom. The summed E-state index contributed by atoms with van der Waals surface area (Å²) in [6.45, 7) is 8.07. The summed E-state index contributed by atoms with van der Waals surface area (Å²) in [5.74, 6) is 6.07. The van der Waals surface area contributed by atoms with E-state index in [1.165, 1.54) is 0 Å². The number of nitrogens with two attached hydrogens (primary N) is 1. The zero-order valence-corrected chi connectivity index (χ0v) is 13.4. The molecule has 1 rings (SSSR count). The minimum absolute atomic E-state index is 0.240. The Kier molecular flexibility index (Phi) is 5.38. The number of rotatable bonds is 5. The SMILES string of the molecule is CC(C)c1cc(Br)ccc1OCC(C)(C)C(=O)NN. The summed E-state index contributed by atoms with van der Waals surface area (Å²) in [4.78, 5) is 11.6. The van der Waals surface area contributed by atoms with E-state index < -0.39 is 5.41 Å². The van der Waals surface area contributed by atoms with Gasteiger partial charge in [-0.3, -0.25) is 10.2 Å². The minimum atomic E-state index is -0.671. The van der Waals surface area contributed by atoms with Crippen molar-refractivity contribution >= 4 is 21.8 Å². The van der Waals surface area contributed by atoms with E-state index in [9.17, 15) is 4.79 Å². The van der Waals surface area contributed by atoms with Gasteiger partial charge in [0.25, 0.3) is 0 Å². The smallest absolute Gasteiger partial charge is 0.242 e. The predicted octanol–water partition coefficient (Wildman–Crippen LogP) is 2.97. The van der Waals surface area contributed by atoms with Crippen LogP contribution in [0.3, 0.4) is 0 Å². The highest BCUT2D eigenvalue weighted by Gasteiger charge is 2.28. The summed E-state index contributed by atoms with van der Waals surface area (Å²) in [6.07, 6.45) is 0. The Balaban J connectivity index is 2.86. The highest BCUT2D eigenvalue weighted by atomic mass is 79.9. The molecule has 0 aliphatic heterocycles. The number of halogens is 1. The van der Waals surface area contributed by atoms with E-state index >= 15 is 0 Å². The van der Waals surface area contributed by atoms with Crippen LogP contribution < -0.4 is 16.0 Å². The van der Waals surface area contributed by atoms with Crippen molar-refractivity contribution in [2.24, 2.45) is 11.3 Å². The van der Waals surface area contributed by atoms with E-state index in [2.05, 4.69) is 35.2 Å². The third kappa shape index (κ3) is 4.21. The molecule has 19 heavy (non-hydrogen) atoms. The summed E-state index contributed by atoms with van der Waals surface area (Å²) >= 11 is 3.45. The van der Waals surface area contributed by atoms with Crippen LogP contribution in [0.25, 0.3) is 0 Å². The van der Waals surface area contributed by atoms with Crippen LogP contribution in [0.2, 0.25) is 0 Å². The molecule has 0 spiro atoms. The average Bonchev–Trinajstić information content (AvgIpc) is 2.36. The number of hydrazine groups is 1. The Labute approximate surface area is 122 Å². The van der Waals surface area contributed by atoms with Gasteiger partial charge in [-0.1, -0.05) is 29.8 Å². The van der Waals surface area contributed by atoms with Gasteiger partial charge < -0.3 is 4.74 Å². The molecule has 0 atom stereocenters. The van der Waals surface area contributed by atoms with Gasteiger partial charge in [0.15, 0.2) is 0 Å². The zero-order chi connectivity index (χ0) is 14.6. The summed E-state index contributed by atoms with van der Waals surface area (Å²) in [5, 5.41) is 0. The number of hydrogen-bond acceptors (Lipinski definition) is 3. The number of nitrogens with one attached hydrogen (secondary N) is 1. The van der Waals surface area contributed by atoms with Crippen molar-refractivity contribution in [2.45, 2.75) is 33.6 Å². The van der Waals surface area contributed by atoms with Gasteiger partial charge in [0.2, 0.25) is 5.91 Å². The minimum Gasteiger partial charge on any atom is -0.492 e. The first-order chi connectivity index (χ1) is 8.77. The Morgan fingerprint density at radius 1 is 1.47 bits per heavy atom. The molecule has 1 amide bonds. The van der Waals surface area contributed by atoms with E-state index in [0.29, 0.717) is 5.92 Å². The number of ether oxygens (including phenoxy) is 1. The normalized spacial score (nSPS) is 11.5. The number of amides is 1. The third-order valence-electron chi connectivity index (χ3n) is 2.93. The van der Waals surface area contributed by atoms with Gasteiger partial charge in [0.1, 0.15) is 12.4 Å². The van der Waals surface area contributed by atoms with E-state index in [1.807, 2.05) is 18.2 Å². The number of benzene rings is 1. The Morgan fingerprint density at radius 3 is 2.63 bits per heavy atom. The molecule has 0 heterocycles. The van der Waals surface area contributed by atoms with Gasteiger partial charge in [-0.25, -0.2) is 5.84 Å². The summed E-state index contributed by atoms with van der Waals surface area (Å²) in [6, 6.07) is 5.88. The number of hydrogen-bond donors (Lipinski definition) is 2. The van der Waals surface area contributed by atoms with Crippen molar-refractivity contribution < 1.29 is 9.53 Å². The largest absolute Gasteiger partial charge is 0.492 e. The Bertz CT molecular complexity index is 459. The van der Waals surface area contributed by atoms with E-state index in [-0.39, 0.29) is 12.5 Å². The van der Waals surface area contributed by atoms with Crippen molar-refractivity contribution in [3.05, 3.63) is 28.2 Å². The number of carbonyl (C=O) groups excluding carboxylic acids is 1. The van der Waals surface area contributed by atoms with Gasteiger partial charge >= 0.3 is 0 Å². The fourth-order valence-electron chi connectivity index (χ4n) is 1.62. The Hall–Kier alpha value is -1.07. The first-order valence-corrected chi connectivity index (χ1v) is 7.00. The van der Waals surface area contributed by atoms with Crippen LogP contribution in [-0.2, 0) is 4.79 Å². The molecule has 1 aromatic carbocycles. The van der Waals surface area contributed by atoms with Crippen molar-refractivity contribution in [1.82, 2.24) is 5.43 Å². The summed E-state index contributed by atoms with van der Waals surface area (Å²) < 4.78 is 6.82. The summed E-state index contributed by atoms with van der Waals surface area (Å²) in [7, 11) is 0. The number of carbonyl (C=O) groups is 1. The van der Waals surface area contributed by atoms with Crippen molar-refractivity contribution in [3.8, 4) is 5.75 Å². The molecular weight excluding hydrogens is 308 g/mol. The highest BCUT2D eigenvalue weighted by molar-refractivity contribution is 9.10. The predicted molar refractivity (Wildman–Crippen MR) is 79.8 cm³/mol. The topological polar surface area (TPSA) is 64.3 Å². The van der Waals surface area contributed by atoms with Crippen LogP contribution in [0.5, 0.6) is 5.75 Å². The molecule has 0 aliphatic rings. The van der Waals surface area contributed by atoms with Gasteiger partial charge in [0.05, 0.1) is 5.41 Å². The van der Waals surface area contributed by atoms with E-state index in [1.54, 1.807) is 13.8 Å². The maximum absolute atomic E-state index is 11.6. The van der Waals surface area contributed by atoms with Gasteiger partial charge in [-0.2, -0.15) is 0 Å². The fraction of sp³-hybridized carbons (Fsp3) is 0.500. The van der Waals surface area contributed by atoms with Crippen LogP contribution in [0, 0.1) is 5.41 Å². The molecule has 4 nitrogen and oxygen atoms in total. The van der Waals surface area contributed by atoms with Gasteiger partial charge in [-0.05, 0) is 43.5 Å². The van der Waals surface area contributed by atoms with Gasteiger partial charge in [-0.15, -0.1) is 0 Å². The van der Waals surface area contributed by atoms with Crippen LogP contribution in [0.4, 0.5) is 0 Å². The monoisotopic (exact) mass is 328 g/mol. The lowest BCUT2D eigenvalue weighted by Crippen LogP contribution is -2.44. The van der Waals surface area contributed by atoms with Crippen molar-refractivity contribution in [2.75, 3.05) is 6.61 Å². The molecule has 0 fully saturated rings. The molecule has 0 unspecified atom stereocenters. The van der Waals surface area contributed by atoms with E-state index in [4.69, 9.17) is 10.6 Å². The highest BCUT2D eigenvalue weighted by Crippen LogP contribution is 2.30. The van der Waals surface area contributed by atoms with Crippen molar-refractivity contribution in [1.29, 1.82) is 0 Å². The molecule has 106 valence electrons. The molecule has 0 bridgehead atoms. The van der Waals surface area contributed by atoms with Crippen LogP contribution >= 0.6 is 15.9 Å². The first kappa shape index (κ1) is 16.0. The summed E-state index contributed by atoms with van der Waals surface area (Å²) in [5.41, 5.74) is 2.60. The molecule has 0 aliphatic carbocycles. The maximum atomic E-state index is 11.6. The lowest BCUT2D eigenvalue weighted by atomic mass is 9.94. The molecule has 0 aromatic heterocycles. The second-order valence-electron chi connectivity index (χ2n) is 5.48. The van der Waals surface area contributed by atoms with E-state index in [0.717, 1.165) is 15.8 Å². The molecule has 1 aromatic rings. The second-order valence-corrected chi connectivity index (χ2v) is 6.40. The first-order valence-electron chi connectivity index (χ1n) is 6.21. The second kappa shape index (κ2) is 6.39. The fourth-order valence-corrected chi connectivity index (χ4v) is 2.00. The molecule has 3 N–H and O–H groups in total. The standard InChI is InChI=1S/C14H21BrN2O2/c1-9(2)11-7-10(15)5-6-12(11)19-8-14(3,4)13(18)17-16/h5-7,9H,8,16H2,1-4H3,(H,17,18). The molecule has 0 saturated heterocycles.